The Kier molecular flexibility index (Phi) is 9.35. The number of hydrogen-bond donors (Lipinski definition) is 5. The quantitative estimate of drug-likeness (QED) is 0.286. The smallest absolute Gasteiger partial charge is 0.327 e. The van der Waals surface area contributed by atoms with Gasteiger partial charge in [-0.2, -0.15) is 0 Å². The molecule has 0 spiro atoms. The van der Waals surface area contributed by atoms with Crippen molar-refractivity contribution in [1.82, 2.24) is 0 Å². The fourth-order valence-corrected chi connectivity index (χ4v) is 2.74. The minimum absolute atomic E-state index is 0.398. The molecule has 7 heteroatoms. The van der Waals surface area contributed by atoms with E-state index < -0.39 is 43.1 Å². The third-order valence-electron chi connectivity index (χ3n) is 4.11. The van der Waals surface area contributed by atoms with E-state index in [1.807, 2.05) is 0 Å². The largest absolute Gasteiger partial charge is 0.478 e. The van der Waals surface area contributed by atoms with Crippen molar-refractivity contribution in [3.05, 3.63) is 12.2 Å². The molecule has 5 atom stereocenters. The molecule has 0 aromatic heterocycles. The van der Waals surface area contributed by atoms with Gasteiger partial charge in [0.2, 0.25) is 0 Å². The van der Waals surface area contributed by atoms with Gasteiger partial charge >= 0.3 is 5.97 Å². The summed E-state index contributed by atoms with van der Waals surface area (Å²) in [6, 6.07) is 0. The van der Waals surface area contributed by atoms with Gasteiger partial charge < -0.3 is 30.3 Å². The summed E-state index contributed by atoms with van der Waals surface area (Å²) < 4.78 is 5.44. The molecule has 0 aromatic carbocycles. The van der Waals surface area contributed by atoms with E-state index in [1.165, 1.54) is 0 Å². The molecular formula is C16H28O7. The van der Waals surface area contributed by atoms with Gasteiger partial charge in [0, 0.05) is 6.08 Å². The second kappa shape index (κ2) is 10.7. The Hall–Kier alpha value is -0.990. The van der Waals surface area contributed by atoms with E-state index in [4.69, 9.17) is 14.9 Å². The lowest BCUT2D eigenvalue weighted by atomic mass is 9.92. The van der Waals surface area contributed by atoms with Crippen molar-refractivity contribution >= 4 is 5.97 Å². The van der Waals surface area contributed by atoms with Crippen molar-refractivity contribution < 1.29 is 35.1 Å². The number of allylic oxidation sites excluding steroid dienone is 1. The normalized spacial score (nSPS) is 31.6. The molecule has 5 N–H and O–H groups in total. The van der Waals surface area contributed by atoms with Crippen LogP contribution in [0.2, 0.25) is 0 Å². The lowest BCUT2D eigenvalue weighted by Crippen LogP contribution is -2.58. The minimum Gasteiger partial charge on any atom is -0.478 e. The van der Waals surface area contributed by atoms with Crippen molar-refractivity contribution in [2.24, 2.45) is 0 Å². The van der Waals surface area contributed by atoms with E-state index in [9.17, 15) is 20.1 Å². The molecule has 0 aliphatic carbocycles. The summed E-state index contributed by atoms with van der Waals surface area (Å²) in [5, 5.41) is 46.8. The van der Waals surface area contributed by atoms with Crippen LogP contribution in [0.1, 0.15) is 44.9 Å². The summed E-state index contributed by atoms with van der Waals surface area (Å²) in [5.74, 6) is -0.926. The highest BCUT2D eigenvalue weighted by Crippen LogP contribution is 2.24. The topological polar surface area (TPSA) is 127 Å². The molecular weight excluding hydrogens is 304 g/mol. The van der Waals surface area contributed by atoms with E-state index in [2.05, 4.69) is 0 Å². The maximum absolute atomic E-state index is 10.3. The Morgan fingerprint density at radius 3 is 2.17 bits per heavy atom. The van der Waals surface area contributed by atoms with E-state index in [0.29, 0.717) is 6.42 Å². The molecule has 23 heavy (non-hydrogen) atoms. The molecule has 1 saturated heterocycles. The van der Waals surface area contributed by atoms with Gasteiger partial charge in [0.15, 0.2) is 0 Å². The number of aliphatic hydroxyl groups is 4. The predicted molar refractivity (Wildman–Crippen MR) is 82.9 cm³/mol. The molecule has 134 valence electrons. The summed E-state index contributed by atoms with van der Waals surface area (Å²) in [5.41, 5.74) is 0. The molecule has 0 amide bonds. The lowest BCUT2D eigenvalue weighted by Gasteiger charge is -2.40. The summed E-state index contributed by atoms with van der Waals surface area (Å²) in [4.78, 5) is 10.3. The van der Waals surface area contributed by atoms with Crippen LogP contribution in [0.5, 0.6) is 0 Å². The first-order valence-corrected chi connectivity index (χ1v) is 8.17. The number of unbranched alkanes of at least 4 members (excludes halogenated alkanes) is 5. The highest BCUT2D eigenvalue weighted by atomic mass is 16.5. The van der Waals surface area contributed by atoms with Crippen molar-refractivity contribution in [1.29, 1.82) is 0 Å². The minimum atomic E-state index is -1.30. The van der Waals surface area contributed by atoms with Gasteiger partial charge in [0.05, 0.1) is 12.7 Å². The van der Waals surface area contributed by atoms with Crippen LogP contribution < -0.4 is 0 Å². The molecule has 0 bridgehead atoms. The molecule has 1 unspecified atom stereocenters. The molecule has 0 aromatic rings. The Balaban J connectivity index is 2.14. The molecule has 1 aliphatic heterocycles. The molecule has 1 fully saturated rings. The Morgan fingerprint density at radius 2 is 1.52 bits per heavy atom. The van der Waals surface area contributed by atoms with Crippen LogP contribution in [0.3, 0.4) is 0 Å². The second-order valence-electron chi connectivity index (χ2n) is 5.95. The monoisotopic (exact) mass is 332 g/mol. The van der Waals surface area contributed by atoms with Crippen LogP contribution in [0.4, 0.5) is 0 Å². The van der Waals surface area contributed by atoms with Gasteiger partial charge in [-0.05, 0) is 19.3 Å². The molecule has 0 radical (unpaired) electrons. The maximum atomic E-state index is 10.3. The Labute approximate surface area is 136 Å². The van der Waals surface area contributed by atoms with E-state index in [1.54, 1.807) is 6.08 Å². The van der Waals surface area contributed by atoms with Crippen LogP contribution in [0.25, 0.3) is 0 Å². The van der Waals surface area contributed by atoms with Crippen LogP contribution in [0, 0.1) is 0 Å². The number of ether oxygens (including phenoxy) is 1. The maximum Gasteiger partial charge on any atom is 0.327 e. The van der Waals surface area contributed by atoms with Crippen LogP contribution in [-0.4, -0.2) is 68.6 Å². The van der Waals surface area contributed by atoms with Gasteiger partial charge in [-0.15, -0.1) is 0 Å². The van der Waals surface area contributed by atoms with E-state index >= 15 is 0 Å². The molecule has 7 nitrogen and oxygen atoms in total. The summed E-state index contributed by atoms with van der Waals surface area (Å²) >= 11 is 0. The summed E-state index contributed by atoms with van der Waals surface area (Å²) in [7, 11) is 0. The summed E-state index contributed by atoms with van der Waals surface area (Å²) in [6.45, 7) is -0.398. The van der Waals surface area contributed by atoms with Gasteiger partial charge in [0.25, 0.3) is 0 Å². The highest BCUT2D eigenvalue weighted by Gasteiger charge is 2.42. The third kappa shape index (κ3) is 6.97. The van der Waals surface area contributed by atoms with Crippen LogP contribution >= 0.6 is 0 Å². The molecule has 1 aliphatic rings. The van der Waals surface area contributed by atoms with Crippen molar-refractivity contribution in [3.63, 3.8) is 0 Å². The highest BCUT2D eigenvalue weighted by molar-refractivity contribution is 5.79. The Morgan fingerprint density at radius 1 is 0.913 bits per heavy atom. The van der Waals surface area contributed by atoms with E-state index in [-0.39, 0.29) is 0 Å². The van der Waals surface area contributed by atoms with Gasteiger partial charge in [-0.1, -0.05) is 31.8 Å². The van der Waals surface area contributed by atoms with Gasteiger partial charge in [-0.25, -0.2) is 4.79 Å². The van der Waals surface area contributed by atoms with Crippen LogP contribution in [-0.2, 0) is 9.53 Å². The van der Waals surface area contributed by atoms with Crippen molar-refractivity contribution in [3.8, 4) is 0 Å². The first-order chi connectivity index (χ1) is 11.0. The number of carbonyl (C=O) groups is 1. The predicted octanol–water partition coefficient (Wildman–Crippen LogP) is 0.200. The third-order valence-corrected chi connectivity index (χ3v) is 4.11. The fraction of sp³-hybridized carbons (Fsp3) is 0.812. The zero-order valence-corrected chi connectivity index (χ0v) is 13.3. The van der Waals surface area contributed by atoms with Gasteiger partial charge in [0.1, 0.15) is 24.4 Å². The number of aliphatic carboxylic acids is 1. The number of rotatable bonds is 10. The van der Waals surface area contributed by atoms with Gasteiger partial charge in [-0.3, -0.25) is 0 Å². The number of hydrogen-bond acceptors (Lipinski definition) is 6. The van der Waals surface area contributed by atoms with Crippen LogP contribution in [0.15, 0.2) is 12.2 Å². The average Bonchev–Trinajstić information content (AvgIpc) is 2.52. The fourth-order valence-electron chi connectivity index (χ4n) is 2.74. The molecule has 0 saturated carbocycles. The summed E-state index contributed by atoms with van der Waals surface area (Å²) in [6.07, 6.45) is 3.63. The zero-order chi connectivity index (χ0) is 17.2. The first-order valence-electron chi connectivity index (χ1n) is 8.17. The molecule has 1 heterocycles. The number of carboxylic acid groups (broad SMARTS) is 1. The standard InChI is InChI=1S/C16H28O7/c17-10-12-15(21)16(22)14(20)11(23-12)8-6-4-2-1-3-5-7-9-13(18)19/h7,9,11-12,14-17,20-22H,1-6,8,10H2,(H,18,19)/t11?,12-,14+,15-,16-/m1/s1. The van der Waals surface area contributed by atoms with Crippen molar-refractivity contribution in [2.75, 3.05) is 6.61 Å². The lowest BCUT2D eigenvalue weighted by molar-refractivity contribution is -0.230. The first kappa shape index (κ1) is 20.1. The second-order valence-corrected chi connectivity index (χ2v) is 5.95. The van der Waals surface area contributed by atoms with E-state index in [0.717, 1.165) is 44.6 Å². The number of aliphatic hydroxyl groups excluding tert-OH is 4. The average molecular weight is 332 g/mol. The SMILES string of the molecule is O=C(O)C=CCCCCCCCC1O[C@H](CO)[C@@H](O)[C@H](O)[C@H]1O. The zero-order valence-electron chi connectivity index (χ0n) is 13.3. The van der Waals surface area contributed by atoms with Crippen molar-refractivity contribution in [2.45, 2.75) is 75.5 Å². The Bertz CT molecular complexity index is 369. The molecule has 1 rings (SSSR count). The number of carboxylic acids is 1.